The van der Waals surface area contributed by atoms with E-state index in [1.807, 2.05) is 48.5 Å². The summed E-state index contributed by atoms with van der Waals surface area (Å²) in [6, 6.07) is 14.8. The number of ether oxygens (including phenoxy) is 1. The van der Waals surface area contributed by atoms with E-state index in [2.05, 4.69) is 0 Å². The van der Waals surface area contributed by atoms with Crippen molar-refractivity contribution in [3.8, 4) is 0 Å². The number of rotatable bonds is 8. The van der Waals surface area contributed by atoms with E-state index in [4.69, 9.17) is 4.74 Å². The summed E-state index contributed by atoms with van der Waals surface area (Å²) >= 11 is 0. The summed E-state index contributed by atoms with van der Waals surface area (Å²) in [5.74, 6) is -0.349. The maximum absolute atomic E-state index is 12.4. The molecule has 2 aromatic carbocycles. The maximum Gasteiger partial charge on any atom is 0.330 e. The SMILES string of the molecule is CCOC(=O)/C=C/c1ccccc1CC(=O)Cc1ccccc1CO. The van der Waals surface area contributed by atoms with Crippen molar-refractivity contribution in [2.45, 2.75) is 26.4 Å². The quantitative estimate of drug-likeness (QED) is 0.593. The van der Waals surface area contributed by atoms with Gasteiger partial charge in [-0.25, -0.2) is 4.79 Å². The second kappa shape index (κ2) is 9.55. The van der Waals surface area contributed by atoms with Gasteiger partial charge in [-0.15, -0.1) is 0 Å². The second-order valence-electron chi connectivity index (χ2n) is 5.60. The highest BCUT2D eigenvalue weighted by molar-refractivity contribution is 5.88. The summed E-state index contributed by atoms with van der Waals surface area (Å²) in [6.45, 7) is 2.00. The standard InChI is InChI=1S/C21H22O4/c1-2-25-21(24)12-11-16-7-3-4-8-17(16)13-20(23)14-18-9-5-6-10-19(18)15-22/h3-12,22H,2,13-15H2,1H3/b12-11+. The van der Waals surface area contributed by atoms with Crippen LogP contribution < -0.4 is 0 Å². The van der Waals surface area contributed by atoms with E-state index in [0.717, 1.165) is 22.3 Å². The fraction of sp³-hybridized carbons (Fsp3) is 0.238. The largest absolute Gasteiger partial charge is 0.463 e. The van der Waals surface area contributed by atoms with Gasteiger partial charge in [-0.3, -0.25) is 4.79 Å². The van der Waals surface area contributed by atoms with Crippen molar-refractivity contribution in [1.29, 1.82) is 0 Å². The van der Waals surface area contributed by atoms with E-state index in [1.165, 1.54) is 6.08 Å². The first-order valence-electron chi connectivity index (χ1n) is 8.26. The fourth-order valence-corrected chi connectivity index (χ4v) is 2.58. The van der Waals surface area contributed by atoms with Crippen molar-refractivity contribution in [2.75, 3.05) is 6.61 Å². The molecule has 4 heteroatoms. The lowest BCUT2D eigenvalue weighted by Crippen LogP contribution is -2.09. The monoisotopic (exact) mass is 338 g/mol. The summed E-state index contributed by atoms with van der Waals surface area (Å²) in [6.07, 6.45) is 3.58. The molecule has 0 radical (unpaired) electrons. The van der Waals surface area contributed by atoms with Gasteiger partial charge < -0.3 is 9.84 Å². The number of esters is 1. The molecule has 0 aromatic heterocycles. The van der Waals surface area contributed by atoms with Gasteiger partial charge in [0.2, 0.25) is 0 Å². The molecule has 0 saturated carbocycles. The average Bonchev–Trinajstić information content (AvgIpc) is 2.61. The number of benzene rings is 2. The van der Waals surface area contributed by atoms with Crippen LogP contribution in [0.3, 0.4) is 0 Å². The van der Waals surface area contributed by atoms with Crippen LogP contribution in [0.4, 0.5) is 0 Å². The molecule has 0 aliphatic carbocycles. The molecule has 130 valence electrons. The normalized spacial score (nSPS) is 10.8. The van der Waals surface area contributed by atoms with Crippen molar-refractivity contribution in [3.05, 3.63) is 76.9 Å². The van der Waals surface area contributed by atoms with Gasteiger partial charge in [0.05, 0.1) is 13.2 Å². The zero-order valence-electron chi connectivity index (χ0n) is 14.3. The molecule has 0 atom stereocenters. The number of hydrogen-bond donors (Lipinski definition) is 1. The summed E-state index contributed by atoms with van der Waals surface area (Å²) < 4.78 is 4.87. The van der Waals surface area contributed by atoms with Crippen molar-refractivity contribution < 1.29 is 19.4 Å². The van der Waals surface area contributed by atoms with Crippen LogP contribution in [0.2, 0.25) is 0 Å². The van der Waals surface area contributed by atoms with Crippen LogP contribution in [-0.2, 0) is 33.8 Å². The molecule has 4 nitrogen and oxygen atoms in total. The van der Waals surface area contributed by atoms with E-state index in [1.54, 1.807) is 13.0 Å². The Labute approximate surface area is 147 Å². The van der Waals surface area contributed by atoms with Crippen LogP contribution in [0, 0.1) is 0 Å². The molecule has 0 aliphatic rings. The number of hydrogen-bond acceptors (Lipinski definition) is 4. The Morgan fingerprint density at radius 1 is 0.960 bits per heavy atom. The third-order valence-corrected chi connectivity index (χ3v) is 3.80. The van der Waals surface area contributed by atoms with Crippen molar-refractivity contribution >= 4 is 17.8 Å². The van der Waals surface area contributed by atoms with Crippen LogP contribution in [0.15, 0.2) is 54.6 Å². The van der Waals surface area contributed by atoms with Crippen LogP contribution in [-0.4, -0.2) is 23.5 Å². The highest BCUT2D eigenvalue weighted by Crippen LogP contribution is 2.15. The smallest absolute Gasteiger partial charge is 0.330 e. The van der Waals surface area contributed by atoms with E-state index in [0.29, 0.717) is 6.61 Å². The van der Waals surface area contributed by atoms with Crippen molar-refractivity contribution in [2.24, 2.45) is 0 Å². The fourth-order valence-electron chi connectivity index (χ4n) is 2.58. The number of Topliss-reactive ketones (excluding diaryl/α,β-unsaturated/α-hetero) is 1. The van der Waals surface area contributed by atoms with Crippen LogP contribution in [0.5, 0.6) is 0 Å². The molecule has 0 amide bonds. The Bertz CT molecular complexity index is 762. The zero-order chi connectivity index (χ0) is 18.1. The molecular weight excluding hydrogens is 316 g/mol. The minimum absolute atomic E-state index is 0.0536. The molecule has 1 N–H and O–H groups in total. The summed E-state index contributed by atoms with van der Waals surface area (Å²) in [7, 11) is 0. The van der Waals surface area contributed by atoms with Gasteiger partial charge in [0, 0.05) is 18.9 Å². The van der Waals surface area contributed by atoms with E-state index in [-0.39, 0.29) is 25.2 Å². The predicted molar refractivity (Wildman–Crippen MR) is 96.9 cm³/mol. The molecule has 0 unspecified atom stereocenters. The molecule has 2 rings (SSSR count). The number of carbonyl (C=O) groups excluding carboxylic acids is 2. The van der Waals surface area contributed by atoms with E-state index >= 15 is 0 Å². The predicted octanol–water partition coefficient (Wildman–Crippen LogP) is 3.11. The Balaban J connectivity index is 2.09. The maximum atomic E-state index is 12.4. The van der Waals surface area contributed by atoms with Crippen LogP contribution in [0.25, 0.3) is 6.08 Å². The lowest BCUT2D eigenvalue weighted by Gasteiger charge is -2.08. The Hall–Kier alpha value is -2.72. The Kier molecular flexibility index (Phi) is 7.11. The number of ketones is 1. The summed E-state index contributed by atoms with van der Waals surface area (Å²) in [5, 5.41) is 9.37. The van der Waals surface area contributed by atoms with Gasteiger partial charge in [0.25, 0.3) is 0 Å². The van der Waals surface area contributed by atoms with E-state index < -0.39 is 5.97 Å². The summed E-state index contributed by atoms with van der Waals surface area (Å²) in [4.78, 5) is 23.9. The van der Waals surface area contributed by atoms with E-state index in [9.17, 15) is 14.7 Å². The highest BCUT2D eigenvalue weighted by Gasteiger charge is 2.10. The molecule has 0 fully saturated rings. The van der Waals surface area contributed by atoms with Crippen LogP contribution in [0.1, 0.15) is 29.2 Å². The molecular formula is C21H22O4. The Morgan fingerprint density at radius 3 is 2.24 bits per heavy atom. The van der Waals surface area contributed by atoms with Crippen molar-refractivity contribution in [1.82, 2.24) is 0 Å². The molecule has 0 aliphatic heterocycles. The highest BCUT2D eigenvalue weighted by atomic mass is 16.5. The molecule has 25 heavy (non-hydrogen) atoms. The zero-order valence-corrected chi connectivity index (χ0v) is 14.3. The summed E-state index contributed by atoms with van der Waals surface area (Å²) in [5.41, 5.74) is 3.29. The first-order valence-corrected chi connectivity index (χ1v) is 8.26. The van der Waals surface area contributed by atoms with Gasteiger partial charge in [0.1, 0.15) is 5.78 Å². The minimum atomic E-state index is -0.402. The van der Waals surface area contributed by atoms with Gasteiger partial charge in [-0.05, 0) is 35.3 Å². The lowest BCUT2D eigenvalue weighted by molar-refractivity contribution is -0.137. The third kappa shape index (κ3) is 5.69. The molecule has 0 saturated heterocycles. The van der Waals surface area contributed by atoms with Gasteiger partial charge >= 0.3 is 5.97 Å². The van der Waals surface area contributed by atoms with Gasteiger partial charge in [-0.1, -0.05) is 48.5 Å². The molecule has 2 aromatic rings. The second-order valence-corrected chi connectivity index (χ2v) is 5.60. The average molecular weight is 338 g/mol. The van der Waals surface area contributed by atoms with Gasteiger partial charge in [-0.2, -0.15) is 0 Å². The van der Waals surface area contributed by atoms with Gasteiger partial charge in [0.15, 0.2) is 0 Å². The first kappa shape index (κ1) is 18.6. The molecule has 0 spiro atoms. The third-order valence-electron chi connectivity index (χ3n) is 3.80. The molecule has 0 bridgehead atoms. The Morgan fingerprint density at radius 2 is 1.56 bits per heavy atom. The van der Waals surface area contributed by atoms with Crippen molar-refractivity contribution in [3.63, 3.8) is 0 Å². The number of aliphatic hydroxyl groups is 1. The van der Waals surface area contributed by atoms with Crippen LogP contribution >= 0.6 is 0 Å². The minimum Gasteiger partial charge on any atom is -0.463 e. The molecule has 0 heterocycles. The number of carbonyl (C=O) groups is 2. The lowest BCUT2D eigenvalue weighted by atomic mass is 9.96. The topological polar surface area (TPSA) is 63.6 Å². The number of aliphatic hydroxyl groups excluding tert-OH is 1. The first-order chi connectivity index (χ1) is 12.1.